The summed E-state index contributed by atoms with van der Waals surface area (Å²) < 4.78 is 10.4. The van der Waals surface area contributed by atoms with Crippen LogP contribution >= 0.6 is 0 Å². The van der Waals surface area contributed by atoms with E-state index < -0.39 is 18.8 Å². The maximum atomic E-state index is 6.19. The molecular formula is C11H26OSn. The van der Waals surface area contributed by atoms with Crippen LogP contribution in [0.5, 0.6) is 0 Å². The van der Waals surface area contributed by atoms with Crippen LogP contribution in [0, 0.1) is 0 Å². The second-order valence-electron chi connectivity index (χ2n) is 3.84. The van der Waals surface area contributed by atoms with E-state index in [0.717, 1.165) is 6.61 Å². The fraction of sp³-hybridized carbons (Fsp3) is 1.00. The van der Waals surface area contributed by atoms with E-state index >= 15 is 0 Å². The second-order valence-corrected chi connectivity index (χ2v) is 16.9. The summed E-state index contributed by atoms with van der Waals surface area (Å²) in [4.78, 5) is 0. The van der Waals surface area contributed by atoms with Crippen molar-refractivity contribution in [2.24, 2.45) is 0 Å². The van der Waals surface area contributed by atoms with Crippen LogP contribution in [0.15, 0.2) is 0 Å². The molecule has 13 heavy (non-hydrogen) atoms. The van der Waals surface area contributed by atoms with Gasteiger partial charge >= 0.3 is 88.7 Å². The van der Waals surface area contributed by atoms with E-state index in [4.69, 9.17) is 3.07 Å². The van der Waals surface area contributed by atoms with Crippen molar-refractivity contribution in [2.75, 3.05) is 6.61 Å². The van der Waals surface area contributed by atoms with Crippen molar-refractivity contribution in [1.82, 2.24) is 0 Å². The minimum absolute atomic E-state index is 1.02. The molecule has 0 fully saturated rings. The Morgan fingerprint density at radius 2 is 1.54 bits per heavy atom. The summed E-state index contributed by atoms with van der Waals surface area (Å²) in [5, 5.41) is 0. The predicted octanol–water partition coefficient (Wildman–Crippen LogP) is 4.20. The Bertz CT molecular complexity index is 101. The van der Waals surface area contributed by atoms with E-state index in [-0.39, 0.29) is 0 Å². The summed E-state index contributed by atoms with van der Waals surface area (Å²) in [7, 11) is 0. The molecule has 80 valence electrons. The van der Waals surface area contributed by atoms with Crippen molar-refractivity contribution in [3.05, 3.63) is 0 Å². The standard InChI is InChI=1S/C4H9.C3H7O.2C2H5.Sn/c1-3-4-2;1-2-3-4;2*1-2;/h1,3-4H2,2H3;2-3H2,1H3;2*1H2,2H3;/q;-1;;;+1. The Hall–Kier alpha value is 0.759. The Kier molecular flexibility index (Phi) is 8.57. The van der Waals surface area contributed by atoms with Crippen molar-refractivity contribution in [1.29, 1.82) is 0 Å². The number of hydrogen-bond donors (Lipinski definition) is 0. The Morgan fingerprint density at radius 1 is 0.923 bits per heavy atom. The van der Waals surface area contributed by atoms with E-state index in [1.54, 1.807) is 0 Å². The van der Waals surface area contributed by atoms with E-state index in [0.29, 0.717) is 0 Å². The topological polar surface area (TPSA) is 9.23 Å². The molecule has 0 aliphatic carbocycles. The first-order chi connectivity index (χ1) is 6.24. The zero-order valence-electron chi connectivity index (χ0n) is 9.86. The summed E-state index contributed by atoms with van der Waals surface area (Å²) in [6.07, 6.45) is 3.90. The van der Waals surface area contributed by atoms with Gasteiger partial charge in [0.25, 0.3) is 0 Å². The third kappa shape index (κ3) is 5.26. The molecule has 0 aliphatic heterocycles. The zero-order valence-corrected chi connectivity index (χ0v) is 12.7. The van der Waals surface area contributed by atoms with Gasteiger partial charge in [0.05, 0.1) is 0 Å². The zero-order chi connectivity index (χ0) is 10.2. The Balaban J connectivity index is 3.97. The van der Waals surface area contributed by atoms with Crippen molar-refractivity contribution < 1.29 is 3.07 Å². The van der Waals surface area contributed by atoms with E-state index in [1.165, 1.54) is 32.6 Å². The van der Waals surface area contributed by atoms with Gasteiger partial charge in [-0.3, -0.25) is 0 Å². The molecule has 0 bridgehead atoms. The number of rotatable bonds is 8. The molecule has 0 atom stereocenters. The summed E-state index contributed by atoms with van der Waals surface area (Å²) in [6, 6.07) is 0. The monoisotopic (exact) mass is 294 g/mol. The van der Waals surface area contributed by atoms with Crippen LogP contribution in [-0.4, -0.2) is 25.4 Å². The van der Waals surface area contributed by atoms with E-state index in [9.17, 15) is 0 Å². The number of unbranched alkanes of at least 4 members (excludes halogenated alkanes) is 1. The fourth-order valence-electron chi connectivity index (χ4n) is 1.70. The van der Waals surface area contributed by atoms with Crippen LogP contribution < -0.4 is 0 Å². The predicted molar refractivity (Wildman–Crippen MR) is 62.7 cm³/mol. The SMILES string of the molecule is CCC[CH2][Sn]([CH2]C)([CH2]C)[O]CCC. The molecule has 0 aromatic heterocycles. The van der Waals surface area contributed by atoms with Crippen molar-refractivity contribution in [3.8, 4) is 0 Å². The molecule has 0 saturated heterocycles. The molecule has 0 N–H and O–H groups in total. The van der Waals surface area contributed by atoms with Crippen LogP contribution in [-0.2, 0) is 3.07 Å². The normalized spacial score (nSPS) is 12.0. The molecule has 0 aromatic carbocycles. The summed E-state index contributed by atoms with van der Waals surface area (Å²) in [5.74, 6) is 0. The molecule has 0 rings (SSSR count). The molecule has 0 saturated carbocycles. The summed E-state index contributed by atoms with van der Waals surface area (Å²) in [5.41, 5.74) is 0. The number of hydrogen-bond acceptors (Lipinski definition) is 1. The molecule has 0 spiro atoms. The van der Waals surface area contributed by atoms with Crippen molar-refractivity contribution >= 4 is 18.8 Å². The molecule has 0 unspecified atom stereocenters. The second kappa shape index (κ2) is 8.10. The van der Waals surface area contributed by atoms with Crippen LogP contribution in [0.1, 0.15) is 47.0 Å². The molecule has 0 heterocycles. The average molecular weight is 293 g/mol. The van der Waals surface area contributed by atoms with Crippen LogP contribution in [0.3, 0.4) is 0 Å². The molecule has 1 nitrogen and oxygen atoms in total. The van der Waals surface area contributed by atoms with Crippen LogP contribution in [0.2, 0.25) is 13.3 Å². The van der Waals surface area contributed by atoms with E-state index in [1.807, 2.05) is 0 Å². The summed E-state index contributed by atoms with van der Waals surface area (Å²) >= 11 is -2.04. The van der Waals surface area contributed by atoms with Crippen molar-refractivity contribution in [3.63, 3.8) is 0 Å². The fourth-order valence-corrected chi connectivity index (χ4v) is 11.4. The van der Waals surface area contributed by atoms with Gasteiger partial charge < -0.3 is 0 Å². The molecule has 0 radical (unpaired) electrons. The van der Waals surface area contributed by atoms with Gasteiger partial charge in [-0.25, -0.2) is 0 Å². The van der Waals surface area contributed by atoms with Crippen molar-refractivity contribution in [2.45, 2.75) is 60.3 Å². The average Bonchev–Trinajstić information content (AvgIpc) is 2.20. The molecule has 0 aliphatic rings. The van der Waals surface area contributed by atoms with Gasteiger partial charge in [-0.15, -0.1) is 0 Å². The Labute approximate surface area is 88.7 Å². The minimum atomic E-state index is -2.04. The van der Waals surface area contributed by atoms with Gasteiger partial charge in [0.2, 0.25) is 0 Å². The first-order valence-corrected chi connectivity index (χ1v) is 13.1. The first-order valence-electron chi connectivity index (χ1n) is 5.88. The molecule has 0 amide bonds. The van der Waals surface area contributed by atoms with Gasteiger partial charge in [-0.05, 0) is 0 Å². The van der Waals surface area contributed by atoms with Gasteiger partial charge in [-0.2, -0.15) is 0 Å². The summed E-state index contributed by atoms with van der Waals surface area (Å²) in [6.45, 7) is 10.2. The molecule has 2 heteroatoms. The molecular weight excluding hydrogens is 267 g/mol. The quantitative estimate of drug-likeness (QED) is 0.609. The van der Waals surface area contributed by atoms with Gasteiger partial charge in [0, 0.05) is 0 Å². The van der Waals surface area contributed by atoms with Gasteiger partial charge in [-0.1, -0.05) is 0 Å². The first kappa shape index (κ1) is 13.8. The maximum absolute atomic E-state index is 6.19. The van der Waals surface area contributed by atoms with Gasteiger partial charge in [0.15, 0.2) is 0 Å². The third-order valence-electron chi connectivity index (χ3n) is 2.89. The van der Waals surface area contributed by atoms with E-state index in [2.05, 4.69) is 27.7 Å². The molecule has 0 aromatic rings. The van der Waals surface area contributed by atoms with Crippen LogP contribution in [0.4, 0.5) is 0 Å². The Morgan fingerprint density at radius 3 is 1.92 bits per heavy atom. The van der Waals surface area contributed by atoms with Gasteiger partial charge in [0.1, 0.15) is 0 Å². The van der Waals surface area contributed by atoms with Crippen LogP contribution in [0.25, 0.3) is 0 Å². The third-order valence-corrected chi connectivity index (χ3v) is 16.2.